The zero-order valence-corrected chi connectivity index (χ0v) is 12.1. The fourth-order valence-corrected chi connectivity index (χ4v) is 3.31. The van der Waals surface area contributed by atoms with Gasteiger partial charge in [0.2, 0.25) is 5.91 Å². The Bertz CT molecular complexity index is 442. The number of hydrogen-bond donors (Lipinski definition) is 1. The SMILES string of the molecule is O=C(C1CNC1)N1CCCC1CCCc1ccccc1. The highest BCUT2D eigenvalue weighted by Crippen LogP contribution is 2.25. The van der Waals surface area contributed by atoms with Crippen molar-refractivity contribution in [2.24, 2.45) is 5.92 Å². The number of amides is 1. The zero-order chi connectivity index (χ0) is 13.8. The summed E-state index contributed by atoms with van der Waals surface area (Å²) in [6.07, 6.45) is 5.84. The molecular weight excluding hydrogens is 248 g/mol. The molecule has 3 heteroatoms. The Hall–Kier alpha value is -1.35. The van der Waals surface area contributed by atoms with E-state index in [1.54, 1.807) is 0 Å². The Morgan fingerprint density at radius 1 is 1.25 bits per heavy atom. The Morgan fingerprint density at radius 3 is 2.75 bits per heavy atom. The van der Waals surface area contributed by atoms with Gasteiger partial charge in [0.15, 0.2) is 0 Å². The molecule has 1 unspecified atom stereocenters. The summed E-state index contributed by atoms with van der Waals surface area (Å²) in [6.45, 7) is 2.74. The number of aryl methyl sites for hydroxylation is 1. The first kappa shape index (κ1) is 13.6. The van der Waals surface area contributed by atoms with Gasteiger partial charge in [0.05, 0.1) is 5.92 Å². The summed E-state index contributed by atoms with van der Waals surface area (Å²) in [4.78, 5) is 14.5. The molecule has 1 atom stereocenters. The molecule has 1 amide bonds. The maximum atomic E-state index is 12.4. The topological polar surface area (TPSA) is 32.3 Å². The summed E-state index contributed by atoms with van der Waals surface area (Å²) in [5.74, 6) is 0.649. The normalized spacial score (nSPS) is 22.8. The van der Waals surface area contributed by atoms with Crippen LogP contribution in [0.5, 0.6) is 0 Å². The average Bonchev–Trinajstić information content (AvgIpc) is 2.86. The lowest BCUT2D eigenvalue weighted by atomic mass is 9.99. The van der Waals surface area contributed by atoms with Crippen LogP contribution in [-0.2, 0) is 11.2 Å². The van der Waals surface area contributed by atoms with E-state index in [2.05, 4.69) is 40.5 Å². The molecule has 0 saturated carbocycles. The molecule has 3 nitrogen and oxygen atoms in total. The van der Waals surface area contributed by atoms with Gasteiger partial charge in [-0.25, -0.2) is 0 Å². The third-order valence-corrected chi connectivity index (χ3v) is 4.64. The standard InChI is InChI=1S/C17H24N2O/c20-17(15-12-18-13-15)19-11-5-10-16(19)9-4-8-14-6-2-1-3-7-14/h1-3,6-7,15-16,18H,4-5,8-13H2. The summed E-state index contributed by atoms with van der Waals surface area (Å²) in [7, 11) is 0. The first-order valence-electron chi connectivity index (χ1n) is 7.90. The van der Waals surface area contributed by atoms with Crippen LogP contribution in [0, 0.1) is 5.92 Å². The summed E-state index contributed by atoms with van der Waals surface area (Å²) in [5, 5.41) is 3.20. The van der Waals surface area contributed by atoms with Crippen LogP contribution >= 0.6 is 0 Å². The van der Waals surface area contributed by atoms with Gasteiger partial charge in [0.1, 0.15) is 0 Å². The second-order valence-corrected chi connectivity index (χ2v) is 6.06. The second kappa shape index (κ2) is 6.40. The minimum absolute atomic E-state index is 0.254. The predicted molar refractivity (Wildman–Crippen MR) is 80.5 cm³/mol. The molecule has 108 valence electrons. The molecule has 1 aromatic rings. The smallest absolute Gasteiger partial charge is 0.228 e. The molecular formula is C17H24N2O. The van der Waals surface area contributed by atoms with Crippen LogP contribution in [0.1, 0.15) is 31.2 Å². The lowest BCUT2D eigenvalue weighted by molar-refractivity contribution is -0.138. The van der Waals surface area contributed by atoms with Crippen molar-refractivity contribution in [1.82, 2.24) is 10.2 Å². The number of rotatable bonds is 5. The number of nitrogens with zero attached hydrogens (tertiary/aromatic N) is 1. The van der Waals surface area contributed by atoms with Crippen molar-refractivity contribution in [2.45, 2.75) is 38.1 Å². The molecule has 2 saturated heterocycles. The molecule has 2 fully saturated rings. The van der Waals surface area contributed by atoms with E-state index in [-0.39, 0.29) is 5.92 Å². The molecule has 0 aliphatic carbocycles. The van der Waals surface area contributed by atoms with Gasteiger partial charge in [-0.3, -0.25) is 4.79 Å². The summed E-state index contributed by atoms with van der Waals surface area (Å²) in [6, 6.07) is 11.1. The van der Waals surface area contributed by atoms with Crippen molar-refractivity contribution in [3.63, 3.8) is 0 Å². The number of hydrogen-bond acceptors (Lipinski definition) is 2. The second-order valence-electron chi connectivity index (χ2n) is 6.06. The fourth-order valence-electron chi connectivity index (χ4n) is 3.31. The monoisotopic (exact) mass is 272 g/mol. The first-order valence-corrected chi connectivity index (χ1v) is 7.90. The van der Waals surface area contributed by atoms with Gasteiger partial charge in [0.25, 0.3) is 0 Å². The van der Waals surface area contributed by atoms with E-state index < -0.39 is 0 Å². The number of likely N-dealkylation sites (tertiary alicyclic amines) is 1. The molecule has 2 aliphatic heterocycles. The van der Waals surface area contributed by atoms with Crippen molar-refractivity contribution >= 4 is 5.91 Å². The van der Waals surface area contributed by atoms with Gasteiger partial charge in [-0.1, -0.05) is 30.3 Å². The molecule has 2 heterocycles. The van der Waals surface area contributed by atoms with Gasteiger partial charge in [-0.2, -0.15) is 0 Å². The Balaban J connectivity index is 1.47. The van der Waals surface area contributed by atoms with Crippen molar-refractivity contribution in [1.29, 1.82) is 0 Å². The van der Waals surface area contributed by atoms with Crippen LogP contribution in [0.3, 0.4) is 0 Å². The van der Waals surface area contributed by atoms with Crippen LogP contribution in [0.25, 0.3) is 0 Å². The van der Waals surface area contributed by atoms with Gasteiger partial charge in [-0.15, -0.1) is 0 Å². The van der Waals surface area contributed by atoms with Crippen LogP contribution < -0.4 is 5.32 Å². The number of nitrogens with one attached hydrogen (secondary N) is 1. The van der Waals surface area contributed by atoms with E-state index >= 15 is 0 Å². The number of carbonyl (C=O) groups excluding carboxylic acids is 1. The minimum atomic E-state index is 0.254. The molecule has 3 rings (SSSR count). The minimum Gasteiger partial charge on any atom is -0.339 e. The lowest BCUT2D eigenvalue weighted by Crippen LogP contribution is -2.53. The van der Waals surface area contributed by atoms with E-state index in [9.17, 15) is 4.79 Å². The molecule has 1 aromatic carbocycles. The van der Waals surface area contributed by atoms with Crippen LogP contribution in [0.15, 0.2) is 30.3 Å². The van der Waals surface area contributed by atoms with Crippen LogP contribution in [0.2, 0.25) is 0 Å². The van der Waals surface area contributed by atoms with Crippen LogP contribution in [0.4, 0.5) is 0 Å². The van der Waals surface area contributed by atoms with E-state index in [4.69, 9.17) is 0 Å². The van der Waals surface area contributed by atoms with Gasteiger partial charge in [-0.05, 0) is 37.7 Å². The number of benzene rings is 1. The predicted octanol–water partition coefficient (Wildman–Crippen LogP) is 2.22. The summed E-state index contributed by atoms with van der Waals surface area (Å²) < 4.78 is 0. The fraction of sp³-hybridized carbons (Fsp3) is 0.588. The van der Waals surface area contributed by atoms with E-state index in [1.807, 2.05) is 0 Å². The molecule has 20 heavy (non-hydrogen) atoms. The highest BCUT2D eigenvalue weighted by molar-refractivity contribution is 5.80. The average molecular weight is 272 g/mol. The molecule has 0 bridgehead atoms. The van der Waals surface area contributed by atoms with Gasteiger partial charge >= 0.3 is 0 Å². The quantitative estimate of drug-likeness (QED) is 0.891. The summed E-state index contributed by atoms with van der Waals surface area (Å²) >= 11 is 0. The van der Waals surface area contributed by atoms with Crippen molar-refractivity contribution in [2.75, 3.05) is 19.6 Å². The lowest BCUT2D eigenvalue weighted by Gasteiger charge is -2.33. The maximum Gasteiger partial charge on any atom is 0.228 e. The largest absolute Gasteiger partial charge is 0.339 e. The summed E-state index contributed by atoms with van der Waals surface area (Å²) in [5.41, 5.74) is 1.41. The zero-order valence-electron chi connectivity index (χ0n) is 12.1. The van der Waals surface area contributed by atoms with Gasteiger partial charge in [0, 0.05) is 25.7 Å². The highest BCUT2D eigenvalue weighted by atomic mass is 16.2. The van der Waals surface area contributed by atoms with Crippen LogP contribution in [-0.4, -0.2) is 36.5 Å². The Morgan fingerprint density at radius 2 is 2.05 bits per heavy atom. The van der Waals surface area contributed by atoms with E-state index in [0.717, 1.165) is 32.5 Å². The Kier molecular flexibility index (Phi) is 4.36. The number of carbonyl (C=O) groups is 1. The molecule has 0 aromatic heterocycles. The van der Waals surface area contributed by atoms with Crippen molar-refractivity contribution < 1.29 is 4.79 Å². The molecule has 2 aliphatic rings. The molecule has 0 radical (unpaired) electrons. The highest BCUT2D eigenvalue weighted by Gasteiger charge is 2.35. The molecule has 1 N–H and O–H groups in total. The third-order valence-electron chi connectivity index (χ3n) is 4.64. The van der Waals surface area contributed by atoms with Crippen molar-refractivity contribution in [3.8, 4) is 0 Å². The van der Waals surface area contributed by atoms with E-state index in [1.165, 1.54) is 24.8 Å². The first-order chi connectivity index (χ1) is 9.84. The third kappa shape index (κ3) is 3.04. The Labute approximate surface area is 121 Å². The molecule has 0 spiro atoms. The van der Waals surface area contributed by atoms with Gasteiger partial charge < -0.3 is 10.2 Å². The van der Waals surface area contributed by atoms with E-state index in [0.29, 0.717) is 11.9 Å². The maximum absolute atomic E-state index is 12.4. The van der Waals surface area contributed by atoms with Crippen molar-refractivity contribution in [3.05, 3.63) is 35.9 Å².